The summed E-state index contributed by atoms with van der Waals surface area (Å²) in [6.07, 6.45) is 0. The maximum absolute atomic E-state index is 12.3. The zero-order chi connectivity index (χ0) is 15.8. The fourth-order valence-corrected chi connectivity index (χ4v) is 3.13. The Morgan fingerprint density at radius 3 is 2.48 bits per heavy atom. The molecule has 3 nitrogen and oxygen atoms in total. The lowest BCUT2D eigenvalue weighted by molar-refractivity contribution is -0.129. The maximum atomic E-state index is 12.3. The van der Waals surface area contributed by atoms with Crippen LogP contribution in [0.5, 0.6) is 0 Å². The third-order valence-corrected chi connectivity index (χ3v) is 4.43. The third-order valence-electron chi connectivity index (χ3n) is 3.35. The van der Waals surface area contributed by atoms with Crippen LogP contribution in [0.3, 0.4) is 0 Å². The highest BCUT2D eigenvalue weighted by atomic mass is 32.2. The monoisotopic (exact) mass is 308 g/mol. The van der Waals surface area contributed by atoms with Crippen LogP contribution < -0.4 is 5.32 Å². The smallest absolute Gasteiger partial charge is 0.235 e. The van der Waals surface area contributed by atoms with Crippen molar-refractivity contribution in [1.29, 1.82) is 0 Å². The lowest BCUT2D eigenvalue weighted by Gasteiger charge is -2.22. The van der Waals surface area contributed by atoms with Gasteiger partial charge in [0.15, 0.2) is 0 Å². The van der Waals surface area contributed by atoms with Crippen molar-refractivity contribution in [3.63, 3.8) is 0 Å². The number of benzene rings is 1. The van der Waals surface area contributed by atoms with E-state index in [0.29, 0.717) is 6.04 Å². The first-order valence-electron chi connectivity index (χ1n) is 7.75. The number of nitrogens with one attached hydrogen (secondary N) is 1. The van der Waals surface area contributed by atoms with Gasteiger partial charge in [0.25, 0.3) is 0 Å². The van der Waals surface area contributed by atoms with Crippen molar-refractivity contribution in [1.82, 2.24) is 10.2 Å². The first-order chi connectivity index (χ1) is 9.97. The first-order valence-corrected chi connectivity index (χ1v) is 8.63. The molecule has 21 heavy (non-hydrogen) atoms. The van der Waals surface area contributed by atoms with Gasteiger partial charge in [-0.25, -0.2) is 0 Å². The Balaban J connectivity index is 2.65. The van der Waals surface area contributed by atoms with Crippen LogP contribution >= 0.6 is 11.8 Å². The molecule has 1 rings (SSSR count). The molecular weight excluding hydrogens is 280 g/mol. The summed E-state index contributed by atoms with van der Waals surface area (Å²) in [5, 5.41) is 3.37. The minimum absolute atomic E-state index is 0.0433. The summed E-state index contributed by atoms with van der Waals surface area (Å²) in [5.41, 5.74) is 1.26. The van der Waals surface area contributed by atoms with E-state index in [4.69, 9.17) is 0 Å². The van der Waals surface area contributed by atoms with Crippen molar-refractivity contribution in [2.45, 2.75) is 57.4 Å². The van der Waals surface area contributed by atoms with Gasteiger partial charge in [0.05, 0.1) is 5.25 Å². The quantitative estimate of drug-likeness (QED) is 0.746. The number of carbonyl (C=O) groups is 1. The van der Waals surface area contributed by atoms with E-state index in [1.54, 1.807) is 11.8 Å². The van der Waals surface area contributed by atoms with Gasteiger partial charge in [-0.1, -0.05) is 26.0 Å². The molecule has 4 heteroatoms. The molecular formula is C17H28N2OS. The zero-order valence-corrected chi connectivity index (χ0v) is 14.7. The minimum Gasteiger partial charge on any atom is -0.342 e. The van der Waals surface area contributed by atoms with Gasteiger partial charge < -0.3 is 10.2 Å². The van der Waals surface area contributed by atoms with E-state index < -0.39 is 0 Å². The van der Waals surface area contributed by atoms with Gasteiger partial charge in [0, 0.05) is 30.6 Å². The van der Waals surface area contributed by atoms with Crippen molar-refractivity contribution >= 4 is 17.7 Å². The summed E-state index contributed by atoms with van der Waals surface area (Å²) in [6, 6.07) is 8.91. The summed E-state index contributed by atoms with van der Waals surface area (Å²) in [4.78, 5) is 15.4. The minimum atomic E-state index is -0.0433. The van der Waals surface area contributed by atoms with Crippen LogP contribution in [0.2, 0.25) is 0 Å². The predicted octanol–water partition coefficient (Wildman–Crippen LogP) is 3.53. The first kappa shape index (κ1) is 18.1. The second kappa shape index (κ2) is 9.11. The van der Waals surface area contributed by atoms with Crippen LogP contribution in [-0.4, -0.2) is 35.2 Å². The van der Waals surface area contributed by atoms with Gasteiger partial charge in [0.2, 0.25) is 5.91 Å². The van der Waals surface area contributed by atoms with Crippen molar-refractivity contribution in [3.8, 4) is 0 Å². The topological polar surface area (TPSA) is 32.3 Å². The van der Waals surface area contributed by atoms with Crippen molar-refractivity contribution in [3.05, 3.63) is 29.8 Å². The van der Waals surface area contributed by atoms with Crippen LogP contribution in [-0.2, 0) is 11.3 Å². The SMILES string of the molecule is CCN(CC)C(=O)C(C)Sc1cccc(CNC(C)C)c1. The molecule has 0 aliphatic carbocycles. The molecule has 1 unspecified atom stereocenters. The Morgan fingerprint density at radius 1 is 1.24 bits per heavy atom. The maximum Gasteiger partial charge on any atom is 0.235 e. The number of carbonyl (C=O) groups excluding carboxylic acids is 1. The summed E-state index contributed by atoms with van der Waals surface area (Å²) in [7, 11) is 0. The molecule has 0 radical (unpaired) electrons. The Morgan fingerprint density at radius 2 is 1.90 bits per heavy atom. The van der Waals surface area contributed by atoms with E-state index in [1.165, 1.54) is 5.56 Å². The van der Waals surface area contributed by atoms with Crippen LogP contribution in [0.1, 0.15) is 40.2 Å². The van der Waals surface area contributed by atoms with Gasteiger partial charge >= 0.3 is 0 Å². The second-order valence-corrected chi connectivity index (χ2v) is 6.87. The summed E-state index contributed by atoms with van der Waals surface area (Å²) in [5.74, 6) is 0.218. The molecule has 1 aromatic carbocycles. The van der Waals surface area contributed by atoms with Crippen molar-refractivity contribution < 1.29 is 4.79 Å². The summed E-state index contributed by atoms with van der Waals surface area (Å²) < 4.78 is 0. The van der Waals surface area contributed by atoms with E-state index in [2.05, 4.69) is 43.4 Å². The second-order valence-electron chi connectivity index (χ2n) is 5.45. The summed E-state index contributed by atoms with van der Waals surface area (Å²) in [6.45, 7) is 12.7. The van der Waals surface area contributed by atoms with Crippen LogP contribution in [0.15, 0.2) is 29.2 Å². The fraction of sp³-hybridized carbons (Fsp3) is 0.588. The van der Waals surface area contributed by atoms with Gasteiger partial charge in [-0.2, -0.15) is 0 Å². The number of amides is 1. The highest BCUT2D eigenvalue weighted by Gasteiger charge is 2.19. The highest BCUT2D eigenvalue weighted by Crippen LogP contribution is 2.25. The third kappa shape index (κ3) is 6.10. The molecule has 0 spiro atoms. The van der Waals surface area contributed by atoms with E-state index >= 15 is 0 Å². The number of thioether (sulfide) groups is 1. The number of hydrogen-bond donors (Lipinski definition) is 1. The average Bonchev–Trinajstić information content (AvgIpc) is 2.46. The molecule has 0 aliphatic heterocycles. The molecule has 1 N–H and O–H groups in total. The molecule has 1 amide bonds. The zero-order valence-electron chi connectivity index (χ0n) is 13.8. The van der Waals surface area contributed by atoms with Gasteiger partial charge in [-0.3, -0.25) is 4.79 Å². The highest BCUT2D eigenvalue weighted by molar-refractivity contribution is 8.00. The van der Waals surface area contributed by atoms with Gasteiger partial charge in [-0.15, -0.1) is 11.8 Å². The summed E-state index contributed by atoms with van der Waals surface area (Å²) >= 11 is 1.64. The molecule has 0 saturated carbocycles. The van der Waals surface area contributed by atoms with Crippen LogP contribution in [0.4, 0.5) is 0 Å². The Labute approximate surface area is 133 Å². The number of nitrogens with zero attached hydrogens (tertiary/aromatic N) is 1. The predicted molar refractivity (Wildman–Crippen MR) is 91.7 cm³/mol. The normalized spacial score (nSPS) is 12.5. The van der Waals surface area contributed by atoms with Gasteiger partial charge in [0.1, 0.15) is 0 Å². The average molecular weight is 308 g/mol. The van der Waals surface area contributed by atoms with E-state index in [1.807, 2.05) is 25.7 Å². The van der Waals surface area contributed by atoms with Crippen molar-refractivity contribution in [2.24, 2.45) is 0 Å². The molecule has 1 atom stereocenters. The Kier molecular flexibility index (Phi) is 7.83. The lowest BCUT2D eigenvalue weighted by atomic mass is 10.2. The van der Waals surface area contributed by atoms with Crippen molar-refractivity contribution in [2.75, 3.05) is 13.1 Å². The molecule has 0 aliphatic rings. The lowest BCUT2D eigenvalue weighted by Crippen LogP contribution is -2.36. The fourth-order valence-electron chi connectivity index (χ4n) is 2.10. The van der Waals surface area contributed by atoms with Crippen LogP contribution in [0, 0.1) is 0 Å². The van der Waals surface area contributed by atoms with Gasteiger partial charge in [-0.05, 0) is 38.5 Å². The van der Waals surface area contributed by atoms with Crippen LogP contribution in [0.25, 0.3) is 0 Å². The molecule has 0 heterocycles. The molecule has 0 saturated heterocycles. The Hall–Kier alpha value is -1.00. The Bertz CT molecular complexity index is 444. The van der Waals surface area contributed by atoms with E-state index in [0.717, 1.165) is 24.5 Å². The number of hydrogen-bond acceptors (Lipinski definition) is 3. The molecule has 1 aromatic rings. The largest absolute Gasteiger partial charge is 0.342 e. The van der Waals surface area contributed by atoms with E-state index in [-0.39, 0.29) is 11.2 Å². The molecule has 0 aromatic heterocycles. The number of rotatable bonds is 8. The molecule has 0 bridgehead atoms. The molecule has 118 valence electrons. The standard InChI is InChI=1S/C17H28N2OS/c1-6-19(7-2)17(20)14(5)21-16-10-8-9-15(11-16)12-18-13(3)4/h8-11,13-14,18H,6-7,12H2,1-5H3. The van der Waals surface area contributed by atoms with E-state index in [9.17, 15) is 4.79 Å². The molecule has 0 fully saturated rings.